The molecule has 0 saturated heterocycles. The molecule has 0 radical (unpaired) electrons. The molecule has 0 saturated carbocycles. The summed E-state index contributed by atoms with van der Waals surface area (Å²) in [6.45, 7) is 0.627. The lowest BCUT2D eigenvalue weighted by Gasteiger charge is -2.04. The fourth-order valence-electron chi connectivity index (χ4n) is 1.20. The van der Waals surface area contributed by atoms with E-state index in [1.807, 2.05) is 12.1 Å². The van der Waals surface area contributed by atoms with Crippen molar-refractivity contribution in [3.8, 4) is 5.75 Å². The van der Waals surface area contributed by atoms with E-state index in [0.717, 1.165) is 10.0 Å². The third-order valence-corrected chi connectivity index (χ3v) is 2.42. The van der Waals surface area contributed by atoms with Gasteiger partial charge in [-0.2, -0.15) is 0 Å². The zero-order chi connectivity index (χ0) is 11.4. The smallest absolute Gasteiger partial charge is 0.222 e. The van der Waals surface area contributed by atoms with Crippen LogP contribution in [0.25, 0.3) is 0 Å². The molecule has 82 valence electrons. The average Bonchev–Trinajstić information content (AvgIpc) is 2.30. The Bertz CT molecular complexity index is 410. The predicted octanol–water partition coefficient (Wildman–Crippen LogP) is 2.56. The first-order valence-electron chi connectivity index (χ1n) is 4.73. The number of hydrogen-bond donors (Lipinski definition) is 2. The summed E-state index contributed by atoms with van der Waals surface area (Å²) < 4.78 is 0.850. The molecule has 16 heavy (non-hydrogen) atoms. The maximum absolute atomic E-state index is 9.12. The zero-order valence-corrected chi connectivity index (χ0v) is 9.98. The number of anilines is 1. The second kappa shape index (κ2) is 4.94. The van der Waals surface area contributed by atoms with Crippen LogP contribution in [0.3, 0.4) is 0 Å². The molecule has 0 fully saturated rings. The van der Waals surface area contributed by atoms with Gasteiger partial charge in [0.2, 0.25) is 5.95 Å². The number of rotatable bonds is 3. The Hall–Kier alpha value is -1.62. The molecule has 0 aliphatic carbocycles. The van der Waals surface area contributed by atoms with E-state index in [9.17, 15) is 0 Å². The lowest BCUT2D eigenvalue weighted by Crippen LogP contribution is -2.02. The van der Waals surface area contributed by atoms with Crippen molar-refractivity contribution < 1.29 is 5.11 Å². The van der Waals surface area contributed by atoms with Gasteiger partial charge < -0.3 is 10.4 Å². The van der Waals surface area contributed by atoms with Gasteiger partial charge in [-0.25, -0.2) is 9.97 Å². The van der Waals surface area contributed by atoms with E-state index in [1.165, 1.54) is 0 Å². The molecule has 0 aliphatic rings. The first kappa shape index (κ1) is 10.9. The highest BCUT2D eigenvalue weighted by Crippen LogP contribution is 2.11. The Balaban J connectivity index is 1.97. The van der Waals surface area contributed by atoms with Crippen molar-refractivity contribution in [3.63, 3.8) is 0 Å². The summed E-state index contributed by atoms with van der Waals surface area (Å²) in [4.78, 5) is 8.18. The Morgan fingerprint density at radius 2 is 1.75 bits per heavy atom. The Morgan fingerprint density at radius 3 is 2.38 bits per heavy atom. The van der Waals surface area contributed by atoms with Crippen LogP contribution in [-0.4, -0.2) is 15.1 Å². The molecular weight excluding hydrogens is 270 g/mol. The lowest BCUT2D eigenvalue weighted by molar-refractivity contribution is 0.475. The van der Waals surface area contributed by atoms with Gasteiger partial charge in [-0.1, -0.05) is 12.1 Å². The molecule has 0 aliphatic heterocycles. The number of aromatic hydroxyl groups is 1. The van der Waals surface area contributed by atoms with Crippen LogP contribution >= 0.6 is 15.9 Å². The molecule has 0 amide bonds. The monoisotopic (exact) mass is 279 g/mol. The summed E-state index contributed by atoms with van der Waals surface area (Å²) in [7, 11) is 0. The van der Waals surface area contributed by atoms with E-state index < -0.39 is 0 Å². The van der Waals surface area contributed by atoms with E-state index in [0.29, 0.717) is 12.5 Å². The third kappa shape index (κ3) is 2.93. The molecule has 4 nitrogen and oxygen atoms in total. The lowest BCUT2D eigenvalue weighted by atomic mass is 10.2. The fraction of sp³-hybridized carbons (Fsp3) is 0.0909. The minimum Gasteiger partial charge on any atom is -0.508 e. The zero-order valence-electron chi connectivity index (χ0n) is 8.39. The molecular formula is C11H10BrN3O. The van der Waals surface area contributed by atoms with Crippen molar-refractivity contribution in [1.29, 1.82) is 0 Å². The SMILES string of the molecule is Oc1ccc(CNc2ncc(Br)cn2)cc1. The molecule has 1 aromatic carbocycles. The average molecular weight is 280 g/mol. The van der Waals surface area contributed by atoms with Crippen molar-refractivity contribution in [2.75, 3.05) is 5.32 Å². The summed E-state index contributed by atoms with van der Waals surface area (Å²) in [6, 6.07) is 7.00. The third-order valence-electron chi connectivity index (χ3n) is 2.01. The van der Waals surface area contributed by atoms with Gasteiger partial charge >= 0.3 is 0 Å². The van der Waals surface area contributed by atoms with Crippen molar-refractivity contribution in [2.24, 2.45) is 0 Å². The van der Waals surface area contributed by atoms with Crippen LogP contribution in [0, 0.1) is 0 Å². The van der Waals surface area contributed by atoms with E-state index in [4.69, 9.17) is 5.11 Å². The fourth-order valence-corrected chi connectivity index (χ4v) is 1.40. The van der Waals surface area contributed by atoms with Crippen LogP contribution in [0.1, 0.15) is 5.56 Å². The number of hydrogen-bond acceptors (Lipinski definition) is 4. The summed E-state index contributed by atoms with van der Waals surface area (Å²) in [5, 5.41) is 12.2. The van der Waals surface area contributed by atoms with Gasteiger partial charge in [-0.05, 0) is 33.6 Å². The molecule has 5 heteroatoms. The number of phenols is 1. The minimum atomic E-state index is 0.267. The first-order chi connectivity index (χ1) is 7.74. The van der Waals surface area contributed by atoms with Gasteiger partial charge in [-0.15, -0.1) is 0 Å². The van der Waals surface area contributed by atoms with E-state index in [2.05, 4.69) is 31.2 Å². The minimum absolute atomic E-state index is 0.267. The van der Waals surface area contributed by atoms with E-state index in [-0.39, 0.29) is 5.75 Å². The summed E-state index contributed by atoms with van der Waals surface area (Å²) in [5.74, 6) is 0.847. The molecule has 0 atom stereocenters. The maximum atomic E-state index is 9.12. The molecule has 1 aromatic heterocycles. The molecule has 2 aromatic rings. The predicted molar refractivity (Wildman–Crippen MR) is 65.2 cm³/mol. The molecule has 0 unspecified atom stereocenters. The summed E-state index contributed by atoms with van der Waals surface area (Å²) in [6.07, 6.45) is 3.37. The number of halogens is 1. The van der Waals surface area contributed by atoms with Crippen molar-refractivity contribution in [2.45, 2.75) is 6.54 Å². The van der Waals surface area contributed by atoms with Crippen LogP contribution in [0.15, 0.2) is 41.1 Å². The van der Waals surface area contributed by atoms with Crippen LogP contribution in [-0.2, 0) is 6.54 Å². The van der Waals surface area contributed by atoms with Gasteiger partial charge in [0.1, 0.15) is 5.75 Å². The molecule has 1 heterocycles. The van der Waals surface area contributed by atoms with Gasteiger partial charge in [0.15, 0.2) is 0 Å². The molecule has 2 rings (SSSR count). The standard InChI is InChI=1S/C11H10BrN3O/c12-9-6-14-11(15-7-9)13-5-8-1-3-10(16)4-2-8/h1-4,6-7,16H,5H2,(H,13,14,15). The highest BCUT2D eigenvalue weighted by atomic mass is 79.9. The Kier molecular flexibility index (Phi) is 3.36. The van der Waals surface area contributed by atoms with Gasteiger partial charge in [0, 0.05) is 18.9 Å². The number of aromatic nitrogens is 2. The number of phenolic OH excluding ortho intramolecular Hbond substituents is 1. The normalized spacial score (nSPS) is 10.1. The second-order valence-corrected chi connectivity index (χ2v) is 4.16. The molecule has 0 spiro atoms. The van der Waals surface area contributed by atoms with Crippen molar-refractivity contribution >= 4 is 21.9 Å². The summed E-state index contributed by atoms with van der Waals surface area (Å²) in [5.41, 5.74) is 1.06. The number of benzene rings is 1. The summed E-state index contributed by atoms with van der Waals surface area (Å²) >= 11 is 3.27. The molecule has 0 bridgehead atoms. The van der Waals surface area contributed by atoms with Crippen molar-refractivity contribution in [1.82, 2.24) is 9.97 Å². The topological polar surface area (TPSA) is 58.0 Å². The van der Waals surface area contributed by atoms with Crippen LogP contribution < -0.4 is 5.32 Å². The van der Waals surface area contributed by atoms with E-state index in [1.54, 1.807) is 24.5 Å². The number of nitrogens with one attached hydrogen (secondary N) is 1. The van der Waals surface area contributed by atoms with Crippen LogP contribution in [0.5, 0.6) is 5.75 Å². The largest absolute Gasteiger partial charge is 0.508 e. The van der Waals surface area contributed by atoms with Gasteiger partial charge in [-0.3, -0.25) is 0 Å². The highest BCUT2D eigenvalue weighted by Gasteiger charge is 1.96. The highest BCUT2D eigenvalue weighted by molar-refractivity contribution is 9.10. The number of nitrogens with zero attached hydrogens (tertiary/aromatic N) is 2. The first-order valence-corrected chi connectivity index (χ1v) is 5.53. The van der Waals surface area contributed by atoms with E-state index >= 15 is 0 Å². The van der Waals surface area contributed by atoms with Crippen LogP contribution in [0.2, 0.25) is 0 Å². The molecule has 2 N–H and O–H groups in total. The van der Waals surface area contributed by atoms with Gasteiger partial charge in [0.25, 0.3) is 0 Å². The quantitative estimate of drug-likeness (QED) is 0.907. The van der Waals surface area contributed by atoms with Crippen molar-refractivity contribution in [3.05, 3.63) is 46.7 Å². The maximum Gasteiger partial charge on any atom is 0.222 e. The second-order valence-electron chi connectivity index (χ2n) is 3.24. The Labute approximate surface area is 102 Å². The van der Waals surface area contributed by atoms with Gasteiger partial charge in [0.05, 0.1) is 4.47 Å². The van der Waals surface area contributed by atoms with Crippen LogP contribution in [0.4, 0.5) is 5.95 Å². The Morgan fingerprint density at radius 1 is 1.12 bits per heavy atom.